The van der Waals surface area contributed by atoms with Crippen molar-refractivity contribution in [2.75, 3.05) is 20.3 Å². The molecule has 2 aromatic carbocycles. The Labute approximate surface area is 171 Å². The van der Waals surface area contributed by atoms with Crippen LogP contribution < -0.4 is 0 Å². The highest BCUT2D eigenvalue weighted by atomic mass is 31.2. The van der Waals surface area contributed by atoms with E-state index in [0.29, 0.717) is 6.42 Å². The summed E-state index contributed by atoms with van der Waals surface area (Å²) in [6.45, 7) is 4.10. The van der Waals surface area contributed by atoms with Crippen LogP contribution in [-0.2, 0) is 28.4 Å². The van der Waals surface area contributed by atoms with Crippen LogP contribution in [0.4, 0.5) is 0 Å². The summed E-state index contributed by atoms with van der Waals surface area (Å²) in [6.07, 6.45) is 0.313. The number of esters is 1. The van der Waals surface area contributed by atoms with Gasteiger partial charge in [-0.3, -0.25) is 9.46 Å². The quantitative estimate of drug-likeness (QED) is 0.360. The van der Waals surface area contributed by atoms with Crippen LogP contribution in [0.25, 0.3) is 0 Å². The summed E-state index contributed by atoms with van der Waals surface area (Å²) in [4.78, 5) is 14.8. The Morgan fingerprint density at radius 1 is 1.03 bits per heavy atom. The lowest BCUT2D eigenvalue weighted by Crippen LogP contribution is -2.56. The molecule has 0 amide bonds. The summed E-state index contributed by atoms with van der Waals surface area (Å²) in [5, 5.41) is -1.03. The number of hydrogen-bond donors (Lipinski definition) is 0. The van der Waals surface area contributed by atoms with E-state index in [1.165, 1.54) is 7.11 Å². The molecule has 154 valence electrons. The molecule has 1 unspecified atom stereocenters. The molecule has 0 saturated carbocycles. The van der Waals surface area contributed by atoms with Gasteiger partial charge < -0.3 is 13.8 Å². The van der Waals surface area contributed by atoms with Gasteiger partial charge in [0.05, 0.1) is 26.4 Å². The summed E-state index contributed by atoms with van der Waals surface area (Å²) in [5.74, 6) is -0.322. The average Bonchev–Trinajstić information content (AvgIpc) is 3.30. The van der Waals surface area contributed by atoms with Crippen LogP contribution in [0.3, 0.4) is 0 Å². The van der Waals surface area contributed by atoms with Crippen LogP contribution in [0.1, 0.15) is 37.4 Å². The number of methoxy groups -OCH3 is 1. The fraction of sp³-hybridized carbons (Fsp3) is 0.409. The van der Waals surface area contributed by atoms with Crippen molar-refractivity contribution in [2.45, 2.75) is 37.1 Å². The van der Waals surface area contributed by atoms with Gasteiger partial charge in [0, 0.05) is 6.42 Å². The highest BCUT2D eigenvalue weighted by Gasteiger charge is 2.89. The number of fused-ring (bicyclic) bond motifs is 1. The second-order valence-electron chi connectivity index (χ2n) is 7.29. The number of benzene rings is 2. The van der Waals surface area contributed by atoms with Gasteiger partial charge in [0.15, 0.2) is 5.28 Å². The number of carbonyl (C=O) groups is 1. The first-order chi connectivity index (χ1) is 14.0. The Morgan fingerprint density at radius 2 is 1.59 bits per heavy atom. The van der Waals surface area contributed by atoms with Crippen molar-refractivity contribution >= 4 is 13.6 Å². The summed E-state index contributed by atoms with van der Waals surface area (Å²) >= 11 is 0. The van der Waals surface area contributed by atoms with E-state index >= 15 is 0 Å². The maximum atomic E-state index is 14.1. The van der Waals surface area contributed by atoms with Crippen molar-refractivity contribution in [3.8, 4) is 0 Å². The lowest BCUT2D eigenvalue weighted by atomic mass is 9.85. The van der Waals surface area contributed by atoms with Crippen molar-refractivity contribution < 1.29 is 23.1 Å². The molecule has 7 heteroatoms. The highest BCUT2D eigenvalue weighted by Crippen LogP contribution is 2.85. The van der Waals surface area contributed by atoms with Gasteiger partial charge in [-0.05, 0) is 25.0 Å². The Bertz CT molecular complexity index is 927. The number of carbonyl (C=O) groups excluding carboxylic acids is 1. The van der Waals surface area contributed by atoms with E-state index in [1.54, 1.807) is 13.8 Å². The second kappa shape index (κ2) is 7.37. The van der Waals surface area contributed by atoms with Crippen LogP contribution in [0.2, 0.25) is 0 Å². The zero-order valence-corrected chi connectivity index (χ0v) is 17.8. The number of nitrogens with zero attached hydrogens (tertiary/aromatic N) is 1. The normalized spacial score (nSPS) is 30.2. The Morgan fingerprint density at radius 3 is 2.10 bits per heavy atom. The minimum Gasteiger partial charge on any atom is -0.468 e. The summed E-state index contributed by atoms with van der Waals surface area (Å²) < 4.78 is 30.9. The van der Waals surface area contributed by atoms with E-state index in [2.05, 4.69) is 0 Å². The van der Waals surface area contributed by atoms with Gasteiger partial charge in [-0.25, -0.2) is 4.79 Å². The molecule has 0 aliphatic carbocycles. The van der Waals surface area contributed by atoms with Gasteiger partial charge in [-0.1, -0.05) is 60.7 Å². The molecular weight excluding hydrogens is 389 g/mol. The molecule has 29 heavy (non-hydrogen) atoms. The van der Waals surface area contributed by atoms with Gasteiger partial charge >= 0.3 is 13.6 Å². The fourth-order valence-corrected chi connectivity index (χ4v) is 7.51. The molecule has 4 rings (SSSR count). The standard InChI is InChI=1S/C22H26NO5P/c1-4-27-29(25,28-5-2)22(18-14-10-7-11-15-18)16-21(20(24)26-3)19(23(21)22)17-12-8-6-9-13-17/h6-15,19H,4-5,16H2,1-3H3/t19-,21-,22+,23?/m1/s1. The van der Waals surface area contributed by atoms with Gasteiger partial charge in [0.2, 0.25) is 0 Å². The third kappa shape index (κ3) is 2.67. The zero-order chi connectivity index (χ0) is 20.7. The fourth-order valence-electron chi connectivity index (χ4n) is 4.87. The third-order valence-electron chi connectivity index (χ3n) is 5.93. The van der Waals surface area contributed by atoms with Crippen LogP contribution >= 0.6 is 7.60 Å². The molecule has 2 aliphatic heterocycles. The monoisotopic (exact) mass is 415 g/mol. The third-order valence-corrected chi connectivity index (χ3v) is 8.66. The zero-order valence-electron chi connectivity index (χ0n) is 16.9. The van der Waals surface area contributed by atoms with Crippen molar-refractivity contribution in [3.63, 3.8) is 0 Å². The highest BCUT2D eigenvalue weighted by molar-refractivity contribution is 7.55. The number of rotatable bonds is 8. The first-order valence-corrected chi connectivity index (χ1v) is 11.4. The SMILES string of the molecule is CCOP(=O)(OCC)[C@]1(c2ccccc2)C[C@]2(C(=O)OC)[C@@H](c3ccccc3)N21. The molecule has 0 aromatic heterocycles. The van der Waals surface area contributed by atoms with Crippen LogP contribution in [0, 0.1) is 0 Å². The van der Waals surface area contributed by atoms with E-state index in [1.807, 2.05) is 65.6 Å². The van der Waals surface area contributed by atoms with Gasteiger partial charge in [-0.2, -0.15) is 0 Å². The van der Waals surface area contributed by atoms with Gasteiger partial charge in [0.25, 0.3) is 0 Å². The Balaban J connectivity index is 1.88. The second-order valence-corrected chi connectivity index (χ2v) is 9.54. The molecule has 0 bridgehead atoms. The van der Waals surface area contributed by atoms with Crippen molar-refractivity contribution in [3.05, 3.63) is 71.8 Å². The van der Waals surface area contributed by atoms with Crippen LogP contribution in [0.15, 0.2) is 60.7 Å². The lowest BCUT2D eigenvalue weighted by Gasteiger charge is -2.49. The molecule has 2 fully saturated rings. The van der Waals surface area contributed by atoms with Gasteiger partial charge in [0.1, 0.15) is 5.54 Å². The molecule has 4 atom stereocenters. The van der Waals surface area contributed by atoms with Crippen LogP contribution in [-0.4, -0.2) is 36.7 Å². The number of ether oxygens (including phenoxy) is 1. The molecule has 0 spiro atoms. The Kier molecular flexibility index (Phi) is 5.16. The topological polar surface area (TPSA) is 64.8 Å². The summed E-state index contributed by atoms with van der Waals surface area (Å²) in [6, 6.07) is 19.1. The predicted octanol–water partition coefficient (Wildman–Crippen LogP) is 4.48. The van der Waals surface area contributed by atoms with E-state index in [4.69, 9.17) is 13.8 Å². The maximum absolute atomic E-state index is 14.1. The molecule has 2 aromatic rings. The van der Waals surface area contributed by atoms with Crippen molar-refractivity contribution in [1.29, 1.82) is 0 Å². The average molecular weight is 415 g/mol. The van der Waals surface area contributed by atoms with Gasteiger partial charge in [-0.15, -0.1) is 0 Å². The Hall–Kier alpha value is -1.98. The van der Waals surface area contributed by atoms with E-state index < -0.39 is 18.4 Å². The molecular formula is C22H26NO5P. The molecule has 2 aliphatic rings. The smallest absolute Gasteiger partial charge is 0.355 e. The van der Waals surface area contributed by atoms with Crippen LogP contribution in [0.5, 0.6) is 0 Å². The summed E-state index contributed by atoms with van der Waals surface area (Å²) in [5.41, 5.74) is 0.953. The number of hydrogen-bond acceptors (Lipinski definition) is 6. The van der Waals surface area contributed by atoms with E-state index in [9.17, 15) is 9.36 Å². The minimum absolute atomic E-state index is 0.245. The first-order valence-electron chi connectivity index (χ1n) is 9.89. The van der Waals surface area contributed by atoms with E-state index in [0.717, 1.165) is 11.1 Å². The summed E-state index contributed by atoms with van der Waals surface area (Å²) in [7, 11) is -2.23. The first kappa shape index (κ1) is 20.3. The van der Waals surface area contributed by atoms with Crippen molar-refractivity contribution in [1.82, 2.24) is 4.90 Å². The molecule has 6 nitrogen and oxygen atoms in total. The minimum atomic E-state index is -3.62. The van der Waals surface area contributed by atoms with E-state index in [-0.39, 0.29) is 25.2 Å². The maximum Gasteiger partial charge on any atom is 0.355 e. The molecule has 0 radical (unpaired) electrons. The lowest BCUT2D eigenvalue weighted by molar-refractivity contribution is -0.150. The molecule has 2 heterocycles. The predicted molar refractivity (Wildman–Crippen MR) is 109 cm³/mol. The molecule has 2 saturated heterocycles. The molecule has 0 N–H and O–H groups in total. The largest absolute Gasteiger partial charge is 0.468 e. The van der Waals surface area contributed by atoms with Crippen molar-refractivity contribution in [2.24, 2.45) is 0 Å².